The zero-order valence-corrected chi connectivity index (χ0v) is 22.4. The van der Waals surface area contributed by atoms with Crippen LogP contribution in [0, 0.1) is 11.3 Å². The number of nitriles is 1. The van der Waals surface area contributed by atoms with E-state index in [-0.39, 0.29) is 5.91 Å². The summed E-state index contributed by atoms with van der Waals surface area (Å²) in [6.45, 7) is 5.58. The molecule has 1 fully saturated rings. The number of pyridine rings is 1. The van der Waals surface area contributed by atoms with E-state index < -0.39 is 0 Å². The lowest BCUT2D eigenvalue weighted by atomic mass is 10.0. The number of rotatable bonds is 9. The molecule has 2 aromatic carbocycles. The number of halogens is 1. The van der Waals surface area contributed by atoms with Crippen LogP contribution in [0.1, 0.15) is 27.9 Å². The van der Waals surface area contributed by atoms with Crippen LogP contribution in [0.4, 0.5) is 5.69 Å². The predicted molar refractivity (Wildman–Crippen MR) is 147 cm³/mol. The quantitative estimate of drug-likeness (QED) is 0.455. The van der Waals surface area contributed by atoms with Crippen molar-refractivity contribution in [3.63, 3.8) is 0 Å². The molecule has 4 rings (SSSR count). The molecule has 1 saturated heterocycles. The van der Waals surface area contributed by atoms with E-state index in [4.69, 9.17) is 16.3 Å². The second kappa shape index (κ2) is 12.2. The Kier molecular flexibility index (Phi) is 8.82. The highest BCUT2D eigenvalue weighted by Gasteiger charge is 2.25. The summed E-state index contributed by atoms with van der Waals surface area (Å²) in [4.78, 5) is 24.7. The molecule has 1 amide bonds. The number of nitrogens with one attached hydrogen (secondary N) is 1. The number of nitrogens with zero attached hydrogens (tertiary/aromatic N) is 5. The van der Waals surface area contributed by atoms with Crippen LogP contribution in [-0.4, -0.2) is 86.1 Å². The molecule has 0 atom stereocenters. The molecule has 37 heavy (non-hydrogen) atoms. The van der Waals surface area contributed by atoms with Gasteiger partial charge in [0.15, 0.2) is 0 Å². The summed E-state index contributed by atoms with van der Waals surface area (Å²) < 4.78 is 5.26. The molecule has 0 spiro atoms. The lowest BCUT2D eigenvalue weighted by Gasteiger charge is -2.35. The van der Waals surface area contributed by atoms with Crippen LogP contribution in [0.25, 0.3) is 10.9 Å². The molecule has 2 heterocycles. The molecule has 1 N–H and O–H groups in total. The summed E-state index contributed by atoms with van der Waals surface area (Å²) in [5, 5.41) is 14.2. The zero-order chi connectivity index (χ0) is 26.4. The van der Waals surface area contributed by atoms with E-state index >= 15 is 0 Å². The lowest BCUT2D eigenvalue weighted by molar-refractivity contribution is 0.0634. The van der Waals surface area contributed by atoms with Gasteiger partial charge in [-0.15, -0.1) is 0 Å². The Morgan fingerprint density at radius 2 is 1.97 bits per heavy atom. The van der Waals surface area contributed by atoms with E-state index in [1.165, 1.54) is 0 Å². The zero-order valence-electron chi connectivity index (χ0n) is 21.6. The number of methoxy groups -OCH3 is 1. The minimum atomic E-state index is -0.0556. The van der Waals surface area contributed by atoms with E-state index in [0.717, 1.165) is 49.1 Å². The van der Waals surface area contributed by atoms with Crippen LogP contribution in [-0.2, 0) is 6.54 Å². The highest BCUT2D eigenvalue weighted by atomic mass is 35.5. The number of anilines is 1. The summed E-state index contributed by atoms with van der Waals surface area (Å²) in [5.74, 6) is 0.551. The molecule has 1 aromatic heterocycles. The monoisotopic (exact) mass is 520 g/mol. The maximum Gasteiger partial charge on any atom is 0.257 e. The minimum absolute atomic E-state index is 0.0556. The average molecular weight is 521 g/mol. The Morgan fingerprint density at radius 1 is 1.19 bits per heavy atom. The molecule has 3 aromatic rings. The van der Waals surface area contributed by atoms with Crippen molar-refractivity contribution in [1.82, 2.24) is 19.7 Å². The second-order valence-corrected chi connectivity index (χ2v) is 9.91. The van der Waals surface area contributed by atoms with Crippen molar-refractivity contribution in [2.24, 2.45) is 0 Å². The first kappa shape index (κ1) is 26.7. The van der Waals surface area contributed by atoms with Crippen LogP contribution in [0.2, 0.25) is 5.02 Å². The molecule has 0 aliphatic carbocycles. The van der Waals surface area contributed by atoms with Crippen LogP contribution in [0.5, 0.6) is 5.75 Å². The van der Waals surface area contributed by atoms with Gasteiger partial charge in [0.05, 0.1) is 40.5 Å². The fourth-order valence-corrected chi connectivity index (χ4v) is 4.86. The van der Waals surface area contributed by atoms with E-state index in [1.54, 1.807) is 25.4 Å². The van der Waals surface area contributed by atoms with Gasteiger partial charge in [0.1, 0.15) is 5.75 Å². The maximum absolute atomic E-state index is 13.7. The Balaban J connectivity index is 1.56. The lowest BCUT2D eigenvalue weighted by Crippen LogP contribution is -2.49. The summed E-state index contributed by atoms with van der Waals surface area (Å²) in [6.07, 6.45) is 2.75. The summed E-state index contributed by atoms with van der Waals surface area (Å²) in [7, 11) is 5.75. The van der Waals surface area contributed by atoms with Crippen LogP contribution in [0.3, 0.4) is 0 Å². The maximum atomic E-state index is 13.7. The van der Waals surface area contributed by atoms with Crippen molar-refractivity contribution in [2.75, 3.05) is 65.8 Å². The minimum Gasteiger partial charge on any atom is -0.495 e. The fourth-order valence-electron chi connectivity index (χ4n) is 4.58. The van der Waals surface area contributed by atoms with Gasteiger partial charge >= 0.3 is 0 Å². The molecule has 0 bridgehead atoms. The van der Waals surface area contributed by atoms with E-state index in [9.17, 15) is 10.1 Å². The number of carbonyl (C=O) groups excluding carboxylic acids is 1. The SMILES string of the molecule is COc1ccc(CNc2c(C(=O)N3CCN(CCCN(C)C)CC3)cnc3ccc(C#N)cc23)cc1Cl. The van der Waals surface area contributed by atoms with Crippen molar-refractivity contribution in [3.8, 4) is 11.8 Å². The summed E-state index contributed by atoms with van der Waals surface area (Å²) in [5.41, 5.74) is 3.35. The molecular formula is C28H33ClN6O2. The first-order chi connectivity index (χ1) is 17.9. The Hall–Kier alpha value is -3.38. The van der Waals surface area contributed by atoms with Crippen molar-refractivity contribution in [3.05, 3.63) is 64.3 Å². The molecule has 1 aliphatic heterocycles. The van der Waals surface area contributed by atoms with Gasteiger partial charge in [0.2, 0.25) is 0 Å². The Bertz CT molecular complexity index is 1300. The molecule has 1 aliphatic rings. The Morgan fingerprint density at radius 3 is 2.65 bits per heavy atom. The van der Waals surface area contributed by atoms with Gasteiger partial charge in [-0.05, 0) is 69.5 Å². The number of fused-ring (bicyclic) bond motifs is 1. The molecule has 0 saturated carbocycles. The number of aromatic nitrogens is 1. The van der Waals surface area contributed by atoms with E-state index in [2.05, 4.69) is 40.3 Å². The number of hydrogen-bond donors (Lipinski definition) is 1. The average Bonchev–Trinajstić information content (AvgIpc) is 2.91. The number of carbonyl (C=O) groups is 1. The van der Waals surface area contributed by atoms with Gasteiger partial charge in [-0.3, -0.25) is 14.7 Å². The number of amides is 1. The molecular weight excluding hydrogens is 488 g/mol. The third kappa shape index (κ3) is 6.50. The van der Waals surface area contributed by atoms with Crippen molar-refractivity contribution in [1.29, 1.82) is 5.26 Å². The molecule has 194 valence electrons. The smallest absolute Gasteiger partial charge is 0.257 e. The molecule has 8 nitrogen and oxygen atoms in total. The largest absolute Gasteiger partial charge is 0.495 e. The third-order valence-electron chi connectivity index (χ3n) is 6.65. The number of ether oxygens (including phenoxy) is 1. The number of piperazine rings is 1. The summed E-state index contributed by atoms with van der Waals surface area (Å²) >= 11 is 6.32. The van der Waals surface area contributed by atoms with Crippen molar-refractivity contribution in [2.45, 2.75) is 13.0 Å². The van der Waals surface area contributed by atoms with E-state index in [1.807, 2.05) is 29.2 Å². The van der Waals surface area contributed by atoms with Crippen LogP contribution >= 0.6 is 11.6 Å². The predicted octanol–water partition coefficient (Wildman–Crippen LogP) is 4.09. The second-order valence-electron chi connectivity index (χ2n) is 9.50. The van der Waals surface area contributed by atoms with Gasteiger partial charge in [0, 0.05) is 44.3 Å². The molecule has 9 heteroatoms. The first-order valence-corrected chi connectivity index (χ1v) is 12.8. The highest BCUT2D eigenvalue weighted by molar-refractivity contribution is 6.32. The normalized spacial score (nSPS) is 14.1. The van der Waals surface area contributed by atoms with Gasteiger partial charge in [0.25, 0.3) is 5.91 Å². The fraction of sp³-hybridized carbons (Fsp3) is 0.393. The molecule has 0 radical (unpaired) electrons. The van der Waals surface area contributed by atoms with Crippen LogP contribution in [0.15, 0.2) is 42.6 Å². The van der Waals surface area contributed by atoms with Gasteiger partial charge in [-0.1, -0.05) is 17.7 Å². The standard InChI is InChI=1S/C28H33ClN6O2/c1-33(2)9-4-10-34-11-13-35(14-12-34)28(36)23-19-31-25-7-5-20(17-30)15-22(25)27(23)32-18-21-6-8-26(37-3)24(29)16-21/h5-8,15-16,19H,4,9-14,18H2,1-3H3,(H,31,32). The third-order valence-corrected chi connectivity index (χ3v) is 6.95. The van der Waals surface area contributed by atoms with Gasteiger partial charge in [-0.2, -0.15) is 5.26 Å². The van der Waals surface area contributed by atoms with Crippen molar-refractivity contribution >= 4 is 34.1 Å². The van der Waals surface area contributed by atoms with Gasteiger partial charge in [-0.25, -0.2) is 0 Å². The van der Waals surface area contributed by atoms with Crippen LogP contribution < -0.4 is 10.1 Å². The number of benzene rings is 2. The molecule has 0 unspecified atom stereocenters. The topological polar surface area (TPSA) is 84.7 Å². The highest BCUT2D eigenvalue weighted by Crippen LogP contribution is 2.30. The van der Waals surface area contributed by atoms with Gasteiger partial charge < -0.3 is 19.9 Å². The Labute approximate surface area is 223 Å². The first-order valence-electron chi connectivity index (χ1n) is 12.4. The van der Waals surface area contributed by atoms with Crippen molar-refractivity contribution < 1.29 is 9.53 Å². The summed E-state index contributed by atoms with van der Waals surface area (Å²) in [6, 6.07) is 13.1. The van der Waals surface area contributed by atoms with E-state index in [0.29, 0.717) is 47.2 Å². The number of hydrogen-bond acceptors (Lipinski definition) is 7.